The van der Waals surface area contributed by atoms with E-state index in [9.17, 15) is 9.59 Å². The lowest BCUT2D eigenvalue weighted by Crippen LogP contribution is -2.37. The molecule has 0 radical (unpaired) electrons. The standard InChI is InChI=1S/C12H20N4O3/c1-3-14-10(17)8-16(4-2)7-9-5-6-19-11(9)12(18)15-13/h5-6H,3-4,7-8,13H2,1-2H3,(H,14,17)(H,15,18). The lowest BCUT2D eigenvalue weighted by atomic mass is 10.2. The molecule has 0 aliphatic carbocycles. The Kier molecular flexibility index (Phi) is 6.04. The van der Waals surface area contributed by atoms with Crippen LogP contribution in [0.5, 0.6) is 0 Å². The van der Waals surface area contributed by atoms with Gasteiger partial charge in [-0.25, -0.2) is 5.84 Å². The zero-order valence-electron chi connectivity index (χ0n) is 11.2. The molecule has 1 aromatic rings. The third kappa shape index (κ3) is 4.38. The highest BCUT2D eigenvalue weighted by Crippen LogP contribution is 2.13. The van der Waals surface area contributed by atoms with E-state index in [1.807, 2.05) is 24.2 Å². The number of hydrogen-bond donors (Lipinski definition) is 3. The molecule has 2 amide bonds. The fourth-order valence-corrected chi connectivity index (χ4v) is 1.70. The molecule has 0 saturated carbocycles. The molecule has 19 heavy (non-hydrogen) atoms. The smallest absolute Gasteiger partial charge is 0.301 e. The predicted octanol–water partition coefficient (Wildman–Crippen LogP) is -0.159. The summed E-state index contributed by atoms with van der Waals surface area (Å²) in [5.41, 5.74) is 2.73. The molecule has 106 valence electrons. The molecule has 0 aliphatic rings. The molecule has 1 heterocycles. The van der Waals surface area contributed by atoms with Crippen LogP contribution in [0.15, 0.2) is 16.7 Å². The van der Waals surface area contributed by atoms with Crippen molar-refractivity contribution in [3.8, 4) is 0 Å². The average molecular weight is 268 g/mol. The maximum absolute atomic E-state index is 11.5. The van der Waals surface area contributed by atoms with Gasteiger partial charge in [0.05, 0.1) is 12.8 Å². The first-order chi connectivity index (χ1) is 9.12. The van der Waals surface area contributed by atoms with Gasteiger partial charge in [0, 0.05) is 18.7 Å². The van der Waals surface area contributed by atoms with Crippen LogP contribution in [-0.2, 0) is 11.3 Å². The molecular weight excluding hydrogens is 248 g/mol. The van der Waals surface area contributed by atoms with Gasteiger partial charge in [-0.3, -0.25) is 19.9 Å². The second-order valence-corrected chi connectivity index (χ2v) is 4.01. The second-order valence-electron chi connectivity index (χ2n) is 4.01. The summed E-state index contributed by atoms with van der Waals surface area (Å²) >= 11 is 0. The summed E-state index contributed by atoms with van der Waals surface area (Å²) in [5.74, 6) is 4.73. The topological polar surface area (TPSA) is 101 Å². The number of amides is 2. The van der Waals surface area contributed by atoms with Gasteiger partial charge >= 0.3 is 5.91 Å². The molecule has 7 heteroatoms. The fourth-order valence-electron chi connectivity index (χ4n) is 1.70. The molecule has 0 saturated heterocycles. The number of hydrazine groups is 1. The minimum Gasteiger partial charge on any atom is -0.459 e. The number of carbonyl (C=O) groups excluding carboxylic acids is 2. The fraction of sp³-hybridized carbons (Fsp3) is 0.500. The van der Waals surface area contributed by atoms with Gasteiger partial charge in [-0.15, -0.1) is 0 Å². The Balaban J connectivity index is 2.68. The highest BCUT2D eigenvalue weighted by molar-refractivity contribution is 5.92. The van der Waals surface area contributed by atoms with Crippen LogP contribution < -0.4 is 16.6 Å². The van der Waals surface area contributed by atoms with E-state index in [4.69, 9.17) is 10.3 Å². The molecule has 0 aliphatic heterocycles. The van der Waals surface area contributed by atoms with Crippen molar-refractivity contribution in [1.82, 2.24) is 15.6 Å². The Labute approximate surface area is 112 Å². The number of carbonyl (C=O) groups is 2. The van der Waals surface area contributed by atoms with Crippen molar-refractivity contribution in [3.05, 3.63) is 23.7 Å². The number of nitrogens with zero attached hydrogens (tertiary/aromatic N) is 1. The van der Waals surface area contributed by atoms with Crippen molar-refractivity contribution >= 4 is 11.8 Å². The maximum atomic E-state index is 11.5. The summed E-state index contributed by atoms with van der Waals surface area (Å²) in [6.07, 6.45) is 1.43. The minimum atomic E-state index is -0.478. The highest BCUT2D eigenvalue weighted by atomic mass is 16.3. The molecule has 0 unspecified atom stereocenters. The molecule has 1 rings (SSSR count). The van der Waals surface area contributed by atoms with Crippen molar-refractivity contribution in [2.75, 3.05) is 19.6 Å². The summed E-state index contributed by atoms with van der Waals surface area (Å²) in [6, 6.07) is 1.70. The van der Waals surface area contributed by atoms with Crippen LogP contribution in [0.3, 0.4) is 0 Å². The zero-order chi connectivity index (χ0) is 14.3. The number of nitrogens with one attached hydrogen (secondary N) is 2. The van der Waals surface area contributed by atoms with Gasteiger partial charge in [0.15, 0.2) is 5.76 Å². The molecule has 0 bridgehead atoms. The predicted molar refractivity (Wildman–Crippen MR) is 70.0 cm³/mol. The van der Waals surface area contributed by atoms with Crippen LogP contribution in [0, 0.1) is 0 Å². The minimum absolute atomic E-state index is 0.0438. The molecule has 0 spiro atoms. The third-order valence-corrected chi connectivity index (χ3v) is 2.67. The van der Waals surface area contributed by atoms with Crippen molar-refractivity contribution in [3.63, 3.8) is 0 Å². The van der Waals surface area contributed by atoms with Gasteiger partial charge in [0.1, 0.15) is 0 Å². The van der Waals surface area contributed by atoms with Crippen LogP contribution in [0.1, 0.15) is 30.0 Å². The van der Waals surface area contributed by atoms with E-state index < -0.39 is 5.91 Å². The maximum Gasteiger partial charge on any atom is 0.301 e. The van der Waals surface area contributed by atoms with E-state index >= 15 is 0 Å². The van der Waals surface area contributed by atoms with E-state index in [1.165, 1.54) is 6.26 Å². The zero-order valence-corrected chi connectivity index (χ0v) is 11.2. The monoisotopic (exact) mass is 268 g/mol. The van der Waals surface area contributed by atoms with E-state index in [-0.39, 0.29) is 18.2 Å². The largest absolute Gasteiger partial charge is 0.459 e. The molecule has 1 aromatic heterocycles. The van der Waals surface area contributed by atoms with Gasteiger partial charge < -0.3 is 9.73 Å². The van der Waals surface area contributed by atoms with Crippen molar-refractivity contribution in [1.29, 1.82) is 0 Å². The summed E-state index contributed by atoms with van der Waals surface area (Å²) in [7, 11) is 0. The number of nitrogen functional groups attached to an aromatic ring is 1. The van der Waals surface area contributed by atoms with E-state index in [1.54, 1.807) is 6.07 Å². The van der Waals surface area contributed by atoms with E-state index in [0.29, 0.717) is 25.2 Å². The summed E-state index contributed by atoms with van der Waals surface area (Å²) < 4.78 is 5.10. The lowest BCUT2D eigenvalue weighted by Gasteiger charge is -2.19. The second kappa shape index (κ2) is 7.55. The van der Waals surface area contributed by atoms with Crippen molar-refractivity contribution in [2.24, 2.45) is 5.84 Å². The van der Waals surface area contributed by atoms with Crippen LogP contribution >= 0.6 is 0 Å². The van der Waals surface area contributed by atoms with Gasteiger partial charge in [0.25, 0.3) is 0 Å². The Bertz CT molecular complexity index is 430. The van der Waals surface area contributed by atoms with Crippen molar-refractivity contribution in [2.45, 2.75) is 20.4 Å². The summed E-state index contributed by atoms with van der Waals surface area (Å²) in [5, 5.41) is 2.74. The quantitative estimate of drug-likeness (QED) is 0.362. The SMILES string of the molecule is CCNC(=O)CN(CC)Cc1ccoc1C(=O)NN. The van der Waals surface area contributed by atoms with Crippen LogP contribution in [0.25, 0.3) is 0 Å². The Hall–Kier alpha value is -1.86. The molecule has 0 fully saturated rings. The van der Waals surface area contributed by atoms with Crippen LogP contribution in [-0.4, -0.2) is 36.3 Å². The summed E-state index contributed by atoms with van der Waals surface area (Å²) in [4.78, 5) is 24.9. The van der Waals surface area contributed by atoms with Crippen LogP contribution in [0.2, 0.25) is 0 Å². The van der Waals surface area contributed by atoms with Gasteiger partial charge in [-0.2, -0.15) is 0 Å². The Morgan fingerprint density at radius 1 is 1.42 bits per heavy atom. The number of rotatable bonds is 7. The number of hydrogen-bond acceptors (Lipinski definition) is 5. The van der Waals surface area contributed by atoms with Gasteiger partial charge in [-0.1, -0.05) is 6.92 Å². The number of nitrogens with two attached hydrogens (primary N) is 1. The normalized spacial score (nSPS) is 10.5. The first-order valence-corrected chi connectivity index (χ1v) is 6.18. The van der Waals surface area contributed by atoms with Crippen molar-refractivity contribution < 1.29 is 14.0 Å². The van der Waals surface area contributed by atoms with Gasteiger partial charge in [0.2, 0.25) is 5.91 Å². The molecule has 0 aromatic carbocycles. The molecule has 7 nitrogen and oxygen atoms in total. The summed E-state index contributed by atoms with van der Waals surface area (Å²) in [6.45, 7) is 5.83. The van der Waals surface area contributed by atoms with Crippen LogP contribution in [0.4, 0.5) is 0 Å². The first-order valence-electron chi connectivity index (χ1n) is 6.18. The van der Waals surface area contributed by atoms with Gasteiger partial charge in [-0.05, 0) is 19.5 Å². The average Bonchev–Trinajstić information content (AvgIpc) is 2.85. The third-order valence-electron chi connectivity index (χ3n) is 2.67. The van der Waals surface area contributed by atoms with E-state index in [0.717, 1.165) is 0 Å². The molecule has 4 N–H and O–H groups in total. The first kappa shape index (κ1) is 15.2. The Morgan fingerprint density at radius 2 is 2.16 bits per heavy atom. The molecular formula is C12H20N4O3. The Morgan fingerprint density at radius 3 is 2.74 bits per heavy atom. The van der Waals surface area contributed by atoms with E-state index in [2.05, 4.69) is 5.32 Å². The molecule has 0 atom stereocenters. The number of likely N-dealkylation sites (N-methyl/N-ethyl adjacent to an activating group) is 2. The highest BCUT2D eigenvalue weighted by Gasteiger charge is 2.17. The number of furan rings is 1. The lowest BCUT2D eigenvalue weighted by molar-refractivity contribution is -0.122.